The van der Waals surface area contributed by atoms with Crippen molar-refractivity contribution in [1.82, 2.24) is 9.62 Å². The average Bonchev–Trinajstić information content (AvgIpc) is 2.65. The fraction of sp³-hybridized carbons (Fsp3) is 0.368. The number of para-hydroxylation sites is 1. The number of rotatable bonds is 6. The van der Waals surface area contributed by atoms with Crippen LogP contribution in [0.3, 0.4) is 0 Å². The molecule has 140 valence electrons. The second kappa shape index (κ2) is 8.16. The molecule has 1 aliphatic rings. The van der Waals surface area contributed by atoms with E-state index in [2.05, 4.69) is 26.7 Å². The van der Waals surface area contributed by atoms with E-state index in [4.69, 9.17) is 0 Å². The van der Waals surface area contributed by atoms with Crippen LogP contribution in [0.1, 0.15) is 5.56 Å². The molecule has 1 aliphatic heterocycles. The second-order valence-electron chi connectivity index (χ2n) is 6.47. The van der Waals surface area contributed by atoms with E-state index in [1.54, 1.807) is 6.92 Å². The van der Waals surface area contributed by atoms with Crippen molar-refractivity contribution < 1.29 is 12.8 Å². The summed E-state index contributed by atoms with van der Waals surface area (Å²) < 4.78 is 40.5. The number of nitrogens with zero attached hydrogens (tertiary/aromatic N) is 2. The number of piperazine rings is 1. The first-order chi connectivity index (χ1) is 12.5. The number of benzene rings is 2. The van der Waals surface area contributed by atoms with Crippen LogP contribution in [0.5, 0.6) is 0 Å². The topological polar surface area (TPSA) is 52.7 Å². The van der Waals surface area contributed by atoms with Crippen LogP contribution in [0.2, 0.25) is 0 Å². The molecule has 2 aromatic rings. The lowest BCUT2D eigenvalue weighted by Crippen LogP contribution is -2.48. The van der Waals surface area contributed by atoms with Gasteiger partial charge in [0.05, 0.1) is 4.90 Å². The second-order valence-corrected chi connectivity index (χ2v) is 8.24. The molecule has 0 spiro atoms. The van der Waals surface area contributed by atoms with Crippen LogP contribution in [0, 0.1) is 12.7 Å². The minimum Gasteiger partial charge on any atom is -0.369 e. The number of aryl methyl sites for hydroxylation is 1. The highest BCUT2D eigenvalue weighted by atomic mass is 32.2. The van der Waals surface area contributed by atoms with Crippen molar-refractivity contribution in [1.29, 1.82) is 0 Å². The van der Waals surface area contributed by atoms with Gasteiger partial charge in [-0.25, -0.2) is 17.5 Å². The summed E-state index contributed by atoms with van der Waals surface area (Å²) in [6, 6.07) is 14.1. The summed E-state index contributed by atoms with van der Waals surface area (Å²) >= 11 is 0. The van der Waals surface area contributed by atoms with Crippen LogP contribution < -0.4 is 9.62 Å². The number of sulfonamides is 1. The predicted molar refractivity (Wildman–Crippen MR) is 101 cm³/mol. The summed E-state index contributed by atoms with van der Waals surface area (Å²) in [6.07, 6.45) is 0. The number of nitrogens with one attached hydrogen (secondary N) is 1. The van der Waals surface area contributed by atoms with Crippen molar-refractivity contribution in [2.45, 2.75) is 11.8 Å². The molecule has 0 radical (unpaired) electrons. The Morgan fingerprint density at radius 1 is 1.04 bits per heavy atom. The maximum Gasteiger partial charge on any atom is 0.240 e. The Labute approximate surface area is 154 Å². The number of hydrogen-bond donors (Lipinski definition) is 1. The minimum atomic E-state index is -3.61. The van der Waals surface area contributed by atoms with Crippen molar-refractivity contribution in [3.8, 4) is 0 Å². The summed E-state index contributed by atoms with van der Waals surface area (Å²) in [5.41, 5.74) is 1.55. The molecule has 7 heteroatoms. The third-order valence-corrected chi connectivity index (χ3v) is 6.11. The van der Waals surface area contributed by atoms with E-state index in [1.165, 1.54) is 23.9 Å². The van der Waals surface area contributed by atoms with Crippen molar-refractivity contribution in [2.75, 3.05) is 44.2 Å². The Morgan fingerprint density at radius 3 is 2.38 bits per heavy atom. The zero-order valence-corrected chi connectivity index (χ0v) is 15.7. The summed E-state index contributed by atoms with van der Waals surface area (Å²) in [6.45, 7) is 6.19. The van der Waals surface area contributed by atoms with Crippen molar-refractivity contribution in [3.05, 3.63) is 59.9 Å². The van der Waals surface area contributed by atoms with Gasteiger partial charge in [-0.1, -0.05) is 18.2 Å². The van der Waals surface area contributed by atoms with Crippen molar-refractivity contribution in [3.63, 3.8) is 0 Å². The van der Waals surface area contributed by atoms with E-state index in [1.807, 2.05) is 18.2 Å². The average molecular weight is 377 g/mol. The van der Waals surface area contributed by atoms with Crippen LogP contribution in [0.15, 0.2) is 53.4 Å². The van der Waals surface area contributed by atoms with E-state index in [0.717, 1.165) is 26.2 Å². The first-order valence-electron chi connectivity index (χ1n) is 8.74. The molecule has 1 heterocycles. The summed E-state index contributed by atoms with van der Waals surface area (Å²) in [7, 11) is -3.61. The smallest absolute Gasteiger partial charge is 0.240 e. The van der Waals surface area contributed by atoms with Gasteiger partial charge in [-0.2, -0.15) is 0 Å². The molecule has 0 bridgehead atoms. The Kier molecular flexibility index (Phi) is 5.90. The summed E-state index contributed by atoms with van der Waals surface area (Å²) in [5.74, 6) is -0.403. The first kappa shape index (κ1) is 18.8. The zero-order valence-electron chi connectivity index (χ0n) is 14.9. The van der Waals surface area contributed by atoms with Gasteiger partial charge in [-0.05, 0) is 42.8 Å². The molecule has 0 atom stereocenters. The highest BCUT2D eigenvalue weighted by Crippen LogP contribution is 2.16. The molecule has 0 saturated carbocycles. The monoisotopic (exact) mass is 377 g/mol. The molecular formula is C19H24FN3O2S. The molecule has 3 rings (SSSR count). The Balaban J connectivity index is 1.47. The van der Waals surface area contributed by atoms with E-state index in [-0.39, 0.29) is 4.90 Å². The third-order valence-electron chi connectivity index (χ3n) is 4.65. The van der Waals surface area contributed by atoms with E-state index >= 15 is 0 Å². The molecule has 1 saturated heterocycles. The molecule has 1 N–H and O–H groups in total. The van der Waals surface area contributed by atoms with Gasteiger partial charge in [0.15, 0.2) is 0 Å². The predicted octanol–water partition coefficient (Wildman–Crippen LogP) is 2.23. The van der Waals surface area contributed by atoms with Gasteiger partial charge in [0.25, 0.3) is 0 Å². The molecule has 0 amide bonds. The van der Waals surface area contributed by atoms with E-state index in [0.29, 0.717) is 18.7 Å². The molecule has 2 aromatic carbocycles. The van der Waals surface area contributed by atoms with Crippen molar-refractivity contribution in [2.24, 2.45) is 0 Å². The Bertz CT molecular complexity index is 835. The molecule has 0 aromatic heterocycles. The van der Waals surface area contributed by atoms with Gasteiger partial charge in [-0.15, -0.1) is 0 Å². The van der Waals surface area contributed by atoms with Crippen LogP contribution in [0.25, 0.3) is 0 Å². The maximum absolute atomic E-state index is 13.3. The molecular weight excluding hydrogens is 353 g/mol. The maximum atomic E-state index is 13.3. The fourth-order valence-electron chi connectivity index (χ4n) is 3.07. The van der Waals surface area contributed by atoms with Gasteiger partial charge in [-0.3, -0.25) is 4.90 Å². The third kappa shape index (κ3) is 4.60. The van der Waals surface area contributed by atoms with Gasteiger partial charge in [0.1, 0.15) is 5.82 Å². The van der Waals surface area contributed by atoms with Crippen LogP contribution in [-0.2, 0) is 10.0 Å². The number of hydrogen-bond acceptors (Lipinski definition) is 4. The minimum absolute atomic E-state index is 0.102. The number of halogens is 1. The number of anilines is 1. The van der Waals surface area contributed by atoms with Crippen molar-refractivity contribution >= 4 is 15.7 Å². The fourth-order valence-corrected chi connectivity index (χ4v) is 4.18. The van der Waals surface area contributed by atoms with Gasteiger partial charge in [0.2, 0.25) is 10.0 Å². The van der Waals surface area contributed by atoms with Gasteiger partial charge in [0, 0.05) is 45.0 Å². The first-order valence-corrected chi connectivity index (χ1v) is 10.2. The normalized spacial score (nSPS) is 16.0. The molecule has 0 aliphatic carbocycles. The zero-order chi connectivity index (χ0) is 18.6. The largest absolute Gasteiger partial charge is 0.369 e. The molecule has 0 unspecified atom stereocenters. The standard InChI is InChI=1S/C19H24FN3O2S/c1-16-15-18(7-8-19(16)20)26(24,25)21-9-10-22-11-13-23(14-12-22)17-5-3-2-4-6-17/h2-8,15,21H,9-14H2,1H3. The van der Waals surface area contributed by atoms with Gasteiger partial charge >= 0.3 is 0 Å². The quantitative estimate of drug-likeness (QED) is 0.839. The Morgan fingerprint density at radius 2 is 1.73 bits per heavy atom. The lowest BCUT2D eigenvalue weighted by molar-refractivity contribution is 0.262. The lowest BCUT2D eigenvalue weighted by Gasteiger charge is -2.36. The van der Waals surface area contributed by atoms with Crippen LogP contribution in [-0.4, -0.2) is 52.6 Å². The van der Waals surface area contributed by atoms with Gasteiger partial charge < -0.3 is 4.90 Å². The van der Waals surface area contributed by atoms with E-state index in [9.17, 15) is 12.8 Å². The SMILES string of the molecule is Cc1cc(S(=O)(=O)NCCN2CCN(c3ccccc3)CC2)ccc1F. The van der Waals surface area contributed by atoms with E-state index < -0.39 is 15.8 Å². The van der Waals surface area contributed by atoms with Crippen LogP contribution >= 0.6 is 0 Å². The molecule has 5 nitrogen and oxygen atoms in total. The highest BCUT2D eigenvalue weighted by Gasteiger charge is 2.19. The Hall–Kier alpha value is -1.96. The molecule has 1 fully saturated rings. The lowest BCUT2D eigenvalue weighted by atomic mass is 10.2. The summed E-state index contributed by atoms with van der Waals surface area (Å²) in [4.78, 5) is 4.69. The highest BCUT2D eigenvalue weighted by molar-refractivity contribution is 7.89. The molecule has 26 heavy (non-hydrogen) atoms. The van der Waals surface area contributed by atoms with Crippen LogP contribution in [0.4, 0.5) is 10.1 Å². The summed E-state index contributed by atoms with van der Waals surface area (Å²) in [5, 5.41) is 0.